The van der Waals surface area contributed by atoms with Crippen LogP contribution in [-0.4, -0.2) is 43.3 Å². The number of hydrogen-bond donors (Lipinski definition) is 1. The molecule has 0 aromatic heterocycles. The fourth-order valence-electron chi connectivity index (χ4n) is 3.95. The first-order valence-corrected chi connectivity index (χ1v) is 8.21. The molecule has 2 N–H and O–H groups in total. The van der Waals surface area contributed by atoms with Gasteiger partial charge < -0.3 is 10.5 Å². The van der Waals surface area contributed by atoms with Crippen molar-refractivity contribution in [2.24, 2.45) is 17.6 Å². The predicted octanol–water partition coefficient (Wildman–Crippen LogP) is 2.64. The van der Waals surface area contributed by atoms with E-state index in [1.807, 2.05) is 0 Å². The monoisotopic (exact) mass is 268 g/mol. The van der Waals surface area contributed by atoms with E-state index >= 15 is 0 Å². The van der Waals surface area contributed by atoms with Crippen molar-refractivity contribution in [2.75, 3.05) is 32.8 Å². The van der Waals surface area contributed by atoms with Crippen molar-refractivity contribution in [1.29, 1.82) is 0 Å². The van der Waals surface area contributed by atoms with Gasteiger partial charge in [0.1, 0.15) is 0 Å². The second-order valence-corrected chi connectivity index (χ2v) is 6.82. The van der Waals surface area contributed by atoms with Crippen molar-refractivity contribution in [2.45, 2.75) is 57.9 Å². The van der Waals surface area contributed by atoms with E-state index in [4.69, 9.17) is 10.5 Å². The summed E-state index contributed by atoms with van der Waals surface area (Å²) in [7, 11) is 0. The Morgan fingerprint density at radius 3 is 2.74 bits per heavy atom. The number of rotatable bonds is 3. The molecule has 0 spiro atoms. The quantitative estimate of drug-likeness (QED) is 0.800. The topological polar surface area (TPSA) is 38.5 Å². The van der Waals surface area contributed by atoms with Crippen molar-refractivity contribution in [3.63, 3.8) is 0 Å². The summed E-state index contributed by atoms with van der Waals surface area (Å²) in [5, 5.41) is 0. The average Bonchev–Trinajstić information content (AvgIpc) is 2.80. The lowest BCUT2D eigenvalue weighted by Crippen LogP contribution is -2.54. The number of nitrogens with two attached hydrogens (primary N) is 1. The summed E-state index contributed by atoms with van der Waals surface area (Å²) >= 11 is 0. The minimum atomic E-state index is 0.261. The molecule has 1 saturated heterocycles. The number of ether oxygens (including phenoxy) is 1. The van der Waals surface area contributed by atoms with Crippen LogP contribution in [0.15, 0.2) is 0 Å². The van der Waals surface area contributed by atoms with Gasteiger partial charge in [0.15, 0.2) is 0 Å². The highest BCUT2D eigenvalue weighted by molar-refractivity contribution is 4.95. The molecule has 3 nitrogen and oxygen atoms in total. The first-order valence-electron chi connectivity index (χ1n) is 8.21. The zero-order chi connectivity index (χ0) is 13.7. The molecule has 112 valence electrons. The number of nitrogens with zero attached hydrogens (tertiary/aromatic N) is 1. The Balaban J connectivity index is 2.04. The van der Waals surface area contributed by atoms with Crippen LogP contribution >= 0.6 is 0 Å². The highest BCUT2D eigenvalue weighted by Gasteiger charge is 2.37. The summed E-state index contributed by atoms with van der Waals surface area (Å²) in [5.74, 6) is 1.72. The summed E-state index contributed by atoms with van der Waals surface area (Å²) < 4.78 is 5.61. The van der Waals surface area contributed by atoms with Crippen LogP contribution in [0.3, 0.4) is 0 Å². The van der Waals surface area contributed by atoms with Crippen molar-refractivity contribution in [1.82, 2.24) is 4.90 Å². The summed E-state index contributed by atoms with van der Waals surface area (Å²) in [5.41, 5.74) is 6.49. The minimum Gasteiger partial charge on any atom is -0.380 e. The van der Waals surface area contributed by atoms with E-state index in [1.165, 1.54) is 38.6 Å². The zero-order valence-corrected chi connectivity index (χ0v) is 12.9. The van der Waals surface area contributed by atoms with Gasteiger partial charge in [0.25, 0.3) is 0 Å². The normalized spacial score (nSPS) is 35.1. The molecule has 19 heavy (non-hydrogen) atoms. The predicted molar refractivity (Wildman–Crippen MR) is 80.2 cm³/mol. The van der Waals surface area contributed by atoms with Crippen molar-refractivity contribution in [3.8, 4) is 0 Å². The molecule has 1 saturated carbocycles. The van der Waals surface area contributed by atoms with E-state index < -0.39 is 0 Å². The van der Waals surface area contributed by atoms with Crippen LogP contribution in [0.25, 0.3) is 0 Å². The van der Waals surface area contributed by atoms with Gasteiger partial charge in [-0.25, -0.2) is 0 Å². The largest absolute Gasteiger partial charge is 0.380 e. The van der Waals surface area contributed by atoms with Gasteiger partial charge in [-0.3, -0.25) is 4.90 Å². The Kier molecular flexibility index (Phi) is 5.67. The SMILES string of the molecule is CC(C)C1CCCC(CN)(N2CCCOCC2)CC1. The molecule has 2 atom stereocenters. The first kappa shape index (κ1) is 15.3. The summed E-state index contributed by atoms with van der Waals surface area (Å²) in [6.45, 7) is 9.62. The fourth-order valence-corrected chi connectivity index (χ4v) is 3.95. The van der Waals surface area contributed by atoms with E-state index in [1.54, 1.807) is 0 Å². The highest BCUT2D eigenvalue weighted by atomic mass is 16.5. The average molecular weight is 268 g/mol. The van der Waals surface area contributed by atoms with Crippen LogP contribution < -0.4 is 5.73 Å². The maximum atomic E-state index is 6.23. The molecule has 2 rings (SSSR count). The van der Waals surface area contributed by atoms with Crippen LogP contribution in [-0.2, 0) is 4.74 Å². The lowest BCUT2D eigenvalue weighted by atomic mass is 9.85. The molecule has 1 aliphatic heterocycles. The Labute approximate surface area is 118 Å². The van der Waals surface area contributed by atoms with Crippen LogP contribution in [0.5, 0.6) is 0 Å². The van der Waals surface area contributed by atoms with Gasteiger partial charge in [0.05, 0.1) is 6.61 Å². The summed E-state index contributed by atoms with van der Waals surface area (Å²) in [4.78, 5) is 2.66. The third-order valence-corrected chi connectivity index (χ3v) is 5.41. The van der Waals surface area contributed by atoms with E-state index in [0.29, 0.717) is 0 Å². The molecular weight excluding hydrogens is 236 g/mol. The maximum absolute atomic E-state index is 6.23. The van der Waals surface area contributed by atoms with E-state index in [0.717, 1.165) is 44.6 Å². The van der Waals surface area contributed by atoms with Crippen molar-refractivity contribution >= 4 is 0 Å². The van der Waals surface area contributed by atoms with E-state index in [2.05, 4.69) is 18.7 Å². The molecule has 0 amide bonds. The molecule has 1 heterocycles. The van der Waals surface area contributed by atoms with E-state index in [-0.39, 0.29) is 5.54 Å². The molecule has 3 heteroatoms. The Morgan fingerprint density at radius 1 is 1.16 bits per heavy atom. The molecular formula is C16H32N2O. The molecule has 0 bridgehead atoms. The van der Waals surface area contributed by atoms with Gasteiger partial charge in [-0.2, -0.15) is 0 Å². The lowest BCUT2D eigenvalue weighted by molar-refractivity contribution is 0.0683. The number of hydrogen-bond acceptors (Lipinski definition) is 3. The third-order valence-electron chi connectivity index (χ3n) is 5.41. The Bertz CT molecular complexity index is 261. The van der Waals surface area contributed by atoms with Crippen LogP contribution in [0.4, 0.5) is 0 Å². The molecule has 0 radical (unpaired) electrons. The first-order chi connectivity index (χ1) is 9.18. The van der Waals surface area contributed by atoms with Crippen LogP contribution in [0.2, 0.25) is 0 Å². The minimum absolute atomic E-state index is 0.261. The van der Waals surface area contributed by atoms with E-state index in [9.17, 15) is 0 Å². The van der Waals surface area contributed by atoms with Crippen molar-refractivity contribution < 1.29 is 4.74 Å². The standard InChI is InChI=1S/C16H32N2O/c1-14(2)15-5-3-7-16(13-17,8-6-15)18-9-4-11-19-12-10-18/h14-15H,3-13,17H2,1-2H3. The second-order valence-electron chi connectivity index (χ2n) is 6.82. The zero-order valence-electron chi connectivity index (χ0n) is 12.9. The van der Waals surface area contributed by atoms with Crippen LogP contribution in [0.1, 0.15) is 52.4 Å². The Morgan fingerprint density at radius 2 is 2.00 bits per heavy atom. The van der Waals surface area contributed by atoms with Crippen LogP contribution in [0, 0.1) is 11.8 Å². The van der Waals surface area contributed by atoms with Gasteiger partial charge >= 0.3 is 0 Å². The van der Waals surface area contributed by atoms with Gasteiger partial charge in [-0.1, -0.05) is 26.7 Å². The van der Waals surface area contributed by atoms with Gasteiger partial charge in [-0.15, -0.1) is 0 Å². The summed E-state index contributed by atoms with van der Waals surface area (Å²) in [6, 6.07) is 0. The summed E-state index contributed by atoms with van der Waals surface area (Å²) in [6.07, 6.45) is 7.82. The third kappa shape index (κ3) is 3.71. The molecule has 2 aliphatic rings. The molecule has 2 unspecified atom stereocenters. The van der Waals surface area contributed by atoms with Gasteiger partial charge in [-0.05, 0) is 37.5 Å². The maximum Gasteiger partial charge on any atom is 0.0593 e. The smallest absolute Gasteiger partial charge is 0.0593 e. The van der Waals surface area contributed by atoms with Gasteiger partial charge in [0.2, 0.25) is 0 Å². The molecule has 2 fully saturated rings. The second kappa shape index (κ2) is 7.05. The van der Waals surface area contributed by atoms with Crippen molar-refractivity contribution in [3.05, 3.63) is 0 Å². The Hall–Kier alpha value is -0.120. The van der Waals surface area contributed by atoms with Gasteiger partial charge in [0, 0.05) is 31.8 Å². The molecule has 1 aliphatic carbocycles. The molecule has 0 aromatic rings. The fraction of sp³-hybridized carbons (Fsp3) is 1.00. The molecule has 0 aromatic carbocycles. The lowest BCUT2D eigenvalue weighted by Gasteiger charge is -2.42. The highest BCUT2D eigenvalue weighted by Crippen LogP contribution is 2.37.